The van der Waals surface area contributed by atoms with E-state index in [0.29, 0.717) is 6.04 Å². The lowest BCUT2D eigenvalue weighted by Crippen LogP contribution is -2.22. The Labute approximate surface area is 120 Å². The monoisotopic (exact) mass is 283 g/mol. The minimum atomic E-state index is 0.510. The highest BCUT2D eigenvalue weighted by atomic mass is 32.2. The van der Waals surface area contributed by atoms with Crippen molar-refractivity contribution in [3.8, 4) is 0 Å². The molecular formula is C15H25NS2. The van der Waals surface area contributed by atoms with Crippen molar-refractivity contribution >= 4 is 23.1 Å². The summed E-state index contributed by atoms with van der Waals surface area (Å²) >= 11 is 4.03. The largest absolute Gasteiger partial charge is 0.309 e. The summed E-state index contributed by atoms with van der Waals surface area (Å²) in [7, 11) is 0. The number of nitrogens with one attached hydrogen (secondary N) is 1. The van der Waals surface area contributed by atoms with E-state index in [1.165, 1.54) is 36.3 Å². The van der Waals surface area contributed by atoms with E-state index in [-0.39, 0.29) is 0 Å². The molecule has 1 N–H and O–H groups in total. The Hall–Kier alpha value is 0.01000. The second-order valence-electron chi connectivity index (χ2n) is 5.46. The van der Waals surface area contributed by atoms with Gasteiger partial charge in [0.25, 0.3) is 0 Å². The predicted molar refractivity (Wildman–Crippen MR) is 84.6 cm³/mol. The first-order chi connectivity index (χ1) is 8.75. The number of hydrogen-bond acceptors (Lipinski definition) is 3. The van der Waals surface area contributed by atoms with E-state index >= 15 is 0 Å². The van der Waals surface area contributed by atoms with Gasteiger partial charge in [-0.15, -0.1) is 11.3 Å². The fraction of sp³-hybridized carbons (Fsp3) is 0.733. The molecule has 1 aromatic rings. The molecule has 3 atom stereocenters. The highest BCUT2D eigenvalue weighted by molar-refractivity contribution is 7.99. The second-order valence-corrected chi connectivity index (χ2v) is 7.84. The van der Waals surface area contributed by atoms with Crippen molar-refractivity contribution in [3.05, 3.63) is 22.4 Å². The Morgan fingerprint density at radius 1 is 1.50 bits per heavy atom. The fourth-order valence-electron chi connectivity index (χ4n) is 2.67. The lowest BCUT2D eigenvalue weighted by molar-refractivity contribution is 0.394. The molecule has 0 amide bonds. The topological polar surface area (TPSA) is 12.0 Å². The van der Waals surface area contributed by atoms with Crippen molar-refractivity contribution in [2.45, 2.75) is 50.8 Å². The highest BCUT2D eigenvalue weighted by Gasteiger charge is 2.18. The third-order valence-electron chi connectivity index (χ3n) is 3.76. The molecule has 3 unspecified atom stereocenters. The van der Waals surface area contributed by atoms with E-state index < -0.39 is 0 Å². The minimum absolute atomic E-state index is 0.510. The van der Waals surface area contributed by atoms with Gasteiger partial charge < -0.3 is 5.32 Å². The normalized spacial score (nSPS) is 26.1. The van der Waals surface area contributed by atoms with Gasteiger partial charge in [-0.25, -0.2) is 0 Å². The van der Waals surface area contributed by atoms with Gasteiger partial charge in [-0.05, 0) is 37.1 Å². The zero-order chi connectivity index (χ0) is 12.8. The molecule has 1 aromatic heterocycles. The van der Waals surface area contributed by atoms with Gasteiger partial charge in [-0.2, -0.15) is 11.8 Å². The van der Waals surface area contributed by atoms with Crippen LogP contribution < -0.4 is 5.32 Å². The first kappa shape index (κ1) is 14.4. The maximum absolute atomic E-state index is 3.63. The lowest BCUT2D eigenvalue weighted by Gasteiger charge is -2.26. The Morgan fingerprint density at radius 3 is 3.11 bits per heavy atom. The van der Waals surface area contributed by atoms with Crippen LogP contribution in [0.4, 0.5) is 0 Å². The molecule has 1 saturated carbocycles. The second kappa shape index (κ2) is 7.56. The van der Waals surface area contributed by atoms with Crippen molar-refractivity contribution < 1.29 is 0 Å². The molecule has 1 heterocycles. The minimum Gasteiger partial charge on any atom is -0.309 e. The maximum atomic E-state index is 3.63. The summed E-state index contributed by atoms with van der Waals surface area (Å²) in [5.74, 6) is 2.21. The molecule has 0 saturated heterocycles. The average Bonchev–Trinajstić information content (AvgIpc) is 2.88. The molecule has 1 aliphatic rings. The Morgan fingerprint density at radius 2 is 2.39 bits per heavy atom. The molecule has 1 fully saturated rings. The van der Waals surface area contributed by atoms with E-state index in [0.717, 1.165) is 17.7 Å². The van der Waals surface area contributed by atoms with E-state index in [2.05, 4.69) is 48.4 Å². The smallest absolute Gasteiger partial charge is 0.0386 e. The molecule has 102 valence electrons. The molecule has 0 spiro atoms. The van der Waals surface area contributed by atoms with Gasteiger partial charge in [0.05, 0.1) is 0 Å². The standard InChI is InChI=1S/C15H25NS2/c1-12-5-3-6-14(11-12)17-10-8-16-13(2)15-7-4-9-18-15/h4,7,9,12-14,16H,3,5-6,8,10-11H2,1-2H3. The maximum Gasteiger partial charge on any atom is 0.0386 e. The van der Waals surface area contributed by atoms with Crippen molar-refractivity contribution in [2.24, 2.45) is 5.92 Å². The van der Waals surface area contributed by atoms with Gasteiger partial charge in [-0.3, -0.25) is 0 Å². The quantitative estimate of drug-likeness (QED) is 0.759. The Kier molecular flexibility index (Phi) is 6.06. The van der Waals surface area contributed by atoms with Gasteiger partial charge in [0.15, 0.2) is 0 Å². The summed E-state index contributed by atoms with van der Waals surface area (Å²) in [5, 5.41) is 6.71. The third-order valence-corrected chi connectivity index (χ3v) is 6.16. The third kappa shape index (κ3) is 4.60. The summed E-state index contributed by atoms with van der Waals surface area (Å²) in [6.07, 6.45) is 5.77. The number of hydrogen-bond donors (Lipinski definition) is 1. The first-order valence-corrected chi connectivity index (χ1v) is 9.07. The van der Waals surface area contributed by atoms with E-state index in [9.17, 15) is 0 Å². The molecule has 1 nitrogen and oxygen atoms in total. The van der Waals surface area contributed by atoms with E-state index in [1.54, 1.807) is 0 Å². The van der Waals surface area contributed by atoms with Crippen LogP contribution in [0.5, 0.6) is 0 Å². The van der Waals surface area contributed by atoms with Gasteiger partial charge in [0.1, 0.15) is 0 Å². The average molecular weight is 284 g/mol. The molecular weight excluding hydrogens is 258 g/mol. The van der Waals surface area contributed by atoms with E-state index in [1.807, 2.05) is 11.3 Å². The summed E-state index contributed by atoms with van der Waals surface area (Å²) < 4.78 is 0. The molecule has 0 aliphatic heterocycles. The Bertz CT molecular complexity index is 323. The summed E-state index contributed by atoms with van der Waals surface area (Å²) in [6, 6.07) is 4.87. The van der Waals surface area contributed by atoms with Crippen LogP contribution >= 0.6 is 23.1 Å². The fourth-order valence-corrected chi connectivity index (χ4v) is 4.79. The van der Waals surface area contributed by atoms with Crippen LogP contribution in [0.25, 0.3) is 0 Å². The van der Waals surface area contributed by atoms with Crippen LogP contribution in [0.1, 0.15) is 50.4 Å². The zero-order valence-corrected chi connectivity index (χ0v) is 13.2. The lowest BCUT2D eigenvalue weighted by atomic mass is 9.91. The van der Waals surface area contributed by atoms with Crippen molar-refractivity contribution in [3.63, 3.8) is 0 Å². The zero-order valence-electron chi connectivity index (χ0n) is 11.5. The van der Waals surface area contributed by atoms with Crippen LogP contribution in [-0.2, 0) is 0 Å². The van der Waals surface area contributed by atoms with Gasteiger partial charge in [0, 0.05) is 28.5 Å². The number of thioether (sulfide) groups is 1. The van der Waals surface area contributed by atoms with Gasteiger partial charge in [0.2, 0.25) is 0 Å². The molecule has 1 aliphatic carbocycles. The molecule has 2 rings (SSSR count). The summed E-state index contributed by atoms with van der Waals surface area (Å²) in [4.78, 5) is 1.45. The highest BCUT2D eigenvalue weighted by Crippen LogP contribution is 2.31. The SMILES string of the molecule is CC1CCCC(SCCNC(C)c2cccs2)C1. The molecule has 0 bridgehead atoms. The van der Waals surface area contributed by atoms with Crippen LogP contribution in [0.2, 0.25) is 0 Å². The van der Waals surface area contributed by atoms with Crippen LogP contribution in [0, 0.1) is 5.92 Å². The number of thiophene rings is 1. The summed E-state index contributed by atoms with van der Waals surface area (Å²) in [5.41, 5.74) is 0. The van der Waals surface area contributed by atoms with Gasteiger partial charge in [-0.1, -0.05) is 25.8 Å². The molecule has 18 heavy (non-hydrogen) atoms. The van der Waals surface area contributed by atoms with Crippen molar-refractivity contribution in [1.29, 1.82) is 0 Å². The van der Waals surface area contributed by atoms with Gasteiger partial charge >= 0.3 is 0 Å². The molecule has 0 aromatic carbocycles. The van der Waals surface area contributed by atoms with Crippen molar-refractivity contribution in [2.75, 3.05) is 12.3 Å². The molecule has 0 radical (unpaired) electrons. The first-order valence-electron chi connectivity index (χ1n) is 7.14. The van der Waals surface area contributed by atoms with Crippen LogP contribution in [0.15, 0.2) is 17.5 Å². The van der Waals surface area contributed by atoms with E-state index in [4.69, 9.17) is 0 Å². The number of rotatable bonds is 6. The Balaban J connectivity index is 1.58. The van der Waals surface area contributed by atoms with Crippen molar-refractivity contribution in [1.82, 2.24) is 5.32 Å². The summed E-state index contributed by atoms with van der Waals surface area (Å²) in [6.45, 7) is 5.80. The van der Waals surface area contributed by atoms with Crippen LogP contribution in [0.3, 0.4) is 0 Å². The predicted octanol–water partition coefficient (Wildman–Crippen LogP) is 4.71. The molecule has 3 heteroatoms. The van der Waals surface area contributed by atoms with Crippen LogP contribution in [-0.4, -0.2) is 17.5 Å².